The molecule has 2 aliphatic rings. The van der Waals surface area contributed by atoms with E-state index in [0.717, 1.165) is 30.7 Å². The van der Waals surface area contributed by atoms with Crippen LogP contribution in [-0.2, 0) is 4.79 Å². The third-order valence-corrected chi connectivity index (χ3v) is 4.14. The predicted octanol–water partition coefficient (Wildman–Crippen LogP) is 1.06. The monoisotopic (exact) mass is 355 g/mol. The van der Waals surface area contributed by atoms with Crippen LogP contribution >= 0.6 is 15.9 Å². The van der Waals surface area contributed by atoms with Crippen LogP contribution in [0.15, 0.2) is 16.6 Å². The van der Waals surface area contributed by atoms with Gasteiger partial charge in [0.1, 0.15) is 13.2 Å². The van der Waals surface area contributed by atoms with Gasteiger partial charge in [0.2, 0.25) is 5.91 Å². The van der Waals surface area contributed by atoms with Crippen molar-refractivity contribution in [3.63, 3.8) is 0 Å². The van der Waals surface area contributed by atoms with Crippen LogP contribution in [-0.4, -0.2) is 56.7 Å². The number of nitrogens with one attached hydrogen (secondary N) is 2. The zero-order chi connectivity index (χ0) is 14.7. The maximum absolute atomic E-state index is 12.1. The van der Waals surface area contributed by atoms with E-state index >= 15 is 0 Å². The number of hydrogen-bond donors (Lipinski definition) is 2. The summed E-state index contributed by atoms with van der Waals surface area (Å²) in [6.07, 6.45) is 0. The summed E-state index contributed by atoms with van der Waals surface area (Å²) < 4.78 is 11.8. The molecular formula is C14H18BrN3O3. The first-order chi connectivity index (χ1) is 10.2. The summed E-state index contributed by atoms with van der Waals surface area (Å²) in [6, 6.07) is 3.63. The topological polar surface area (TPSA) is 62.8 Å². The third-order valence-electron chi connectivity index (χ3n) is 3.48. The first-order valence-corrected chi connectivity index (χ1v) is 7.84. The molecule has 2 aliphatic heterocycles. The largest absolute Gasteiger partial charge is 0.486 e. The molecule has 3 rings (SSSR count). The Morgan fingerprint density at radius 3 is 2.62 bits per heavy atom. The molecule has 2 heterocycles. The molecule has 0 atom stereocenters. The molecular weight excluding hydrogens is 338 g/mol. The molecule has 0 radical (unpaired) electrons. The SMILES string of the molecule is O=C(CN1CCNCC1)Nc1cc2c(cc1Br)OCCO2. The van der Waals surface area contributed by atoms with Gasteiger partial charge in [-0.25, -0.2) is 0 Å². The Morgan fingerprint density at radius 2 is 1.90 bits per heavy atom. The van der Waals surface area contributed by atoms with Crippen molar-refractivity contribution in [3.05, 3.63) is 16.6 Å². The lowest BCUT2D eigenvalue weighted by atomic mass is 10.2. The minimum absolute atomic E-state index is 0.0192. The third kappa shape index (κ3) is 3.66. The van der Waals surface area contributed by atoms with Gasteiger partial charge in [0.15, 0.2) is 11.5 Å². The van der Waals surface area contributed by atoms with Gasteiger partial charge in [0.05, 0.1) is 12.2 Å². The van der Waals surface area contributed by atoms with E-state index in [1.807, 2.05) is 6.07 Å². The molecule has 1 aromatic carbocycles. The van der Waals surface area contributed by atoms with Crippen molar-refractivity contribution in [2.24, 2.45) is 0 Å². The Morgan fingerprint density at radius 1 is 1.24 bits per heavy atom. The summed E-state index contributed by atoms with van der Waals surface area (Å²) in [6.45, 7) is 5.15. The molecule has 0 saturated carbocycles. The quantitative estimate of drug-likeness (QED) is 0.848. The molecule has 2 N–H and O–H groups in total. The summed E-state index contributed by atoms with van der Waals surface area (Å²) >= 11 is 3.46. The lowest BCUT2D eigenvalue weighted by Gasteiger charge is -2.26. The minimum atomic E-state index is -0.0192. The van der Waals surface area contributed by atoms with Gasteiger partial charge in [0.25, 0.3) is 0 Å². The number of rotatable bonds is 3. The number of carbonyl (C=O) groups excluding carboxylic acids is 1. The number of carbonyl (C=O) groups is 1. The van der Waals surface area contributed by atoms with E-state index in [1.54, 1.807) is 6.07 Å². The van der Waals surface area contributed by atoms with E-state index in [1.165, 1.54) is 0 Å². The number of piperazine rings is 1. The van der Waals surface area contributed by atoms with E-state index in [2.05, 4.69) is 31.5 Å². The second-order valence-corrected chi connectivity index (χ2v) is 5.90. The molecule has 114 valence electrons. The standard InChI is InChI=1S/C14H18BrN3O3/c15-10-7-12-13(21-6-5-20-12)8-11(10)17-14(19)9-18-3-1-16-2-4-18/h7-8,16H,1-6,9H2,(H,17,19). The van der Waals surface area contributed by atoms with E-state index in [4.69, 9.17) is 9.47 Å². The fourth-order valence-electron chi connectivity index (χ4n) is 2.42. The Kier molecular flexibility index (Phi) is 4.62. The van der Waals surface area contributed by atoms with Gasteiger partial charge in [-0.1, -0.05) is 0 Å². The fourth-order valence-corrected chi connectivity index (χ4v) is 2.84. The van der Waals surface area contributed by atoms with E-state index in [9.17, 15) is 4.79 Å². The van der Waals surface area contributed by atoms with Crippen LogP contribution in [0.25, 0.3) is 0 Å². The fraction of sp³-hybridized carbons (Fsp3) is 0.500. The van der Waals surface area contributed by atoms with Gasteiger partial charge >= 0.3 is 0 Å². The molecule has 1 aromatic rings. The van der Waals surface area contributed by atoms with Gasteiger partial charge in [-0.05, 0) is 15.9 Å². The molecule has 0 unspecified atom stereocenters. The van der Waals surface area contributed by atoms with Crippen LogP contribution in [0.2, 0.25) is 0 Å². The van der Waals surface area contributed by atoms with Crippen molar-refractivity contribution in [2.45, 2.75) is 0 Å². The van der Waals surface area contributed by atoms with Gasteiger partial charge in [-0.3, -0.25) is 9.69 Å². The second-order valence-electron chi connectivity index (χ2n) is 5.05. The molecule has 7 heteroatoms. The van der Waals surface area contributed by atoms with Crippen molar-refractivity contribution in [3.8, 4) is 11.5 Å². The molecule has 1 fully saturated rings. The smallest absolute Gasteiger partial charge is 0.238 e. The van der Waals surface area contributed by atoms with Crippen molar-refractivity contribution in [1.82, 2.24) is 10.2 Å². The molecule has 0 aliphatic carbocycles. The van der Waals surface area contributed by atoms with Gasteiger partial charge in [-0.2, -0.15) is 0 Å². The zero-order valence-corrected chi connectivity index (χ0v) is 13.2. The first-order valence-electron chi connectivity index (χ1n) is 7.04. The predicted molar refractivity (Wildman–Crippen MR) is 83.1 cm³/mol. The average molecular weight is 356 g/mol. The molecule has 1 amide bonds. The number of ether oxygens (including phenoxy) is 2. The number of benzene rings is 1. The average Bonchev–Trinajstić information content (AvgIpc) is 2.49. The Hall–Kier alpha value is -1.31. The van der Waals surface area contributed by atoms with E-state index in [-0.39, 0.29) is 5.91 Å². The summed E-state index contributed by atoms with van der Waals surface area (Å²) in [5, 5.41) is 6.19. The van der Waals surface area contributed by atoms with Crippen LogP contribution in [0.3, 0.4) is 0 Å². The van der Waals surface area contributed by atoms with Crippen molar-refractivity contribution in [2.75, 3.05) is 51.3 Å². The number of anilines is 1. The molecule has 6 nitrogen and oxygen atoms in total. The zero-order valence-electron chi connectivity index (χ0n) is 11.7. The van der Waals surface area contributed by atoms with Crippen LogP contribution in [0.4, 0.5) is 5.69 Å². The summed E-state index contributed by atoms with van der Waals surface area (Å²) in [4.78, 5) is 14.3. The van der Waals surface area contributed by atoms with Gasteiger partial charge in [-0.15, -0.1) is 0 Å². The molecule has 0 bridgehead atoms. The highest BCUT2D eigenvalue weighted by atomic mass is 79.9. The summed E-state index contributed by atoms with van der Waals surface area (Å²) in [5.41, 5.74) is 0.708. The normalized spacial score (nSPS) is 18.3. The summed E-state index contributed by atoms with van der Waals surface area (Å²) in [7, 11) is 0. The van der Waals surface area contributed by atoms with Crippen molar-refractivity contribution in [1.29, 1.82) is 0 Å². The van der Waals surface area contributed by atoms with Gasteiger partial charge < -0.3 is 20.1 Å². The van der Waals surface area contributed by atoms with Crippen molar-refractivity contribution < 1.29 is 14.3 Å². The van der Waals surface area contributed by atoms with E-state index < -0.39 is 0 Å². The minimum Gasteiger partial charge on any atom is -0.486 e. The van der Waals surface area contributed by atoms with Crippen molar-refractivity contribution >= 4 is 27.5 Å². The van der Waals surface area contributed by atoms with Crippen LogP contribution in [0.1, 0.15) is 0 Å². The maximum atomic E-state index is 12.1. The number of halogens is 1. The number of fused-ring (bicyclic) bond motifs is 1. The lowest BCUT2D eigenvalue weighted by molar-refractivity contribution is -0.117. The molecule has 0 aromatic heterocycles. The van der Waals surface area contributed by atoms with Crippen LogP contribution in [0.5, 0.6) is 11.5 Å². The molecule has 21 heavy (non-hydrogen) atoms. The molecule has 0 spiro atoms. The Bertz CT molecular complexity index is 532. The number of amides is 1. The van der Waals surface area contributed by atoms with E-state index in [0.29, 0.717) is 36.9 Å². The summed E-state index contributed by atoms with van der Waals surface area (Å²) in [5.74, 6) is 1.35. The van der Waals surface area contributed by atoms with Crippen LogP contribution in [0, 0.1) is 0 Å². The lowest BCUT2D eigenvalue weighted by Crippen LogP contribution is -2.46. The van der Waals surface area contributed by atoms with Crippen LogP contribution < -0.4 is 20.1 Å². The number of hydrogen-bond acceptors (Lipinski definition) is 5. The highest BCUT2D eigenvalue weighted by Gasteiger charge is 2.18. The first kappa shape index (κ1) is 14.6. The maximum Gasteiger partial charge on any atom is 0.238 e. The highest BCUT2D eigenvalue weighted by molar-refractivity contribution is 9.10. The Balaban J connectivity index is 1.65. The molecule has 1 saturated heterocycles. The number of nitrogens with zero attached hydrogens (tertiary/aromatic N) is 1. The Labute approximate surface area is 131 Å². The second kappa shape index (κ2) is 6.64. The highest BCUT2D eigenvalue weighted by Crippen LogP contribution is 2.38. The van der Waals surface area contributed by atoms with Gasteiger partial charge in [0, 0.05) is 42.8 Å².